The zero-order chi connectivity index (χ0) is 15.7. The topological polar surface area (TPSA) is 63.5 Å². The smallest absolute Gasteiger partial charge is 0.250 e. The van der Waals surface area contributed by atoms with Crippen LogP contribution in [0.3, 0.4) is 0 Å². The van der Waals surface area contributed by atoms with Gasteiger partial charge >= 0.3 is 0 Å². The molecule has 116 valence electrons. The molecule has 0 aliphatic heterocycles. The first-order chi connectivity index (χ1) is 10.5. The zero-order valence-corrected chi connectivity index (χ0v) is 14.3. The first kappa shape index (κ1) is 15.8. The average molecular weight is 376 g/mol. The van der Waals surface area contributed by atoms with Crippen LogP contribution < -0.4 is 4.72 Å². The molecule has 0 bridgehead atoms. The molecule has 0 aliphatic carbocycles. The fourth-order valence-electron chi connectivity index (χ4n) is 2.00. The number of fused-ring (bicyclic) bond motifs is 1. The quantitative estimate of drug-likeness (QED) is 0.744. The summed E-state index contributed by atoms with van der Waals surface area (Å²) in [5, 5.41) is 2.69. The van der Waals surface area contributed by atoms with Crippen LogP contribution in [0.15, 0.2) is 40.2 Å². The summed E-state index contributed by atoms with van der Waals surface area (Å²) in [6.07, 6.45) is 3.95. The van der Waals surface area contributed by atoms with Gasteiger partial charge in [0.25, 0.3) is 0 Å². The number of hydrogen-bond donors (Lipinski definition) is 1. The summed E-state index contributed by atoms with van der Waals surface area (Å²) in [5.41, 5.74) is 1.33. The molecule has 0 saturated heterocycles. The van der Waals surface area contributed by atoms with Crippen LogP contribution in [0.25, 0.3) is 5.65 Å². The molecule has 22 heavy (non-hydrogen) atoms. The zero-order valence-electron chi connectivity index (χ0n) is 11.2. The van der Waals surface area contributed by atoms with E-state index in [2.05, 4.69) is 9.71 Å². The molecule has 0 atom stereocenters. The number of aromatic nitrogens is 2. The van der Waals surface area contributed by atoms with Gasteiger partial charge in [0, 0.05) is 25.4 Å². The van der Waals surface area contributed by atoms with Crippen LogP contribution in [-0.2, 0) is 16.4 Å². The number of nitrogens with one attached hydrogen (secondary N) is 1. The van der Waals surface area contributed by atoms with E-state index in [1.807, 2.05) is 0 Å². The van der Waals surface area contributed by atoms with E-state index in [1.165, 1.54) is 11.3 Å². The summed E-state index contributed by atoms with van der Waals surface area (Å²) in [5.74, 6) is 0. The Morgan fingerprint density at radius 1 is 1.32 bits per heavy atom. The third kappa shape index (κ3) is 3.28. The molecule has 3 aromatic heterocycles. The summed E-state index contributed by atoms with van der Waals surface area (Å²) in [4.78, 5) is 4.38. The lowest BCUT2D eigenvalue weighted by Crippen LogP contribution is -2.25. The van der Waals surface area contributed by atoms with Crippen LogP contribution in [0.1, 0.15) is 5.69 Å². The van der Waals surface area contributed by atoms with Gasteiger partial charge in [-0.25, -0.2) is 18.1 Å². The number of imidazole rings is 1. The molecular weight excluding hydrogens is 365 g/mol. The van der Waals surface area contributed by atoms with E-state index >= 15 is 0 Å². The predicted molar refractivity (Wildman–Crippen MR) is 88.4 cm³/mol. The molecule has 0 saturated carbocycles. The SMILES string of the molecule is O=S(=O)(NCCc1cn2cc(Cl)cc(Cl)c2n1)c1cccs1. The number of nitrogens with zero attached hydrogens (tertiary/aromatic N) is 2. The number of thiophene rings is 1. The standard InChI is InChI=1S/C13H11Cl2N3O2S2/c14-9-6-11(15)13-17-10(8-18(13)7-9)3-4-16-22(19,20)12-2-1-5-21-12/h1-2,5-8,16H,3-4H2. The largest absolute Gasteiger partial charge is 0.304 e. The number of hydrogen-bond acceptors (Lipinski definition) is 4. The third-order valence-electron chi connectivity index (χ3n) is 2.96. The van der Waals surface area contributed by atoms with Crippen LogP contribution in [0.2, 0.25) is 10.0 Å². The Kier molecular flexibility index (Phi) is 4.42. The molecule has 0 unspecified atom stereocenters. The summed E-state index contributed by atoms with van der Waals surface area (Å²) in [6, 6.07) is 4.89. The van der Waals surface area contributed by atoms with Gasteiger partial charge in [-0.15, -0.1) is 11.3 Å². The first-order valence-corrected chi connectivity index (χ1v) is 9.43. The van der Waals surface area contributed by atoms with Crippen molar-refractivity contribution in [1.82, 2.24) is 14.1 Å². The second-order valence-electron chi connectivity index (χ2n) is 4.55. The van der Waals surface area contributed by atoms with Gasteiger partial charge in [-0.1, -0.05) is 29.3 Å². The number of halogens is 2. The molecular formula is C13H11Cl2N3O2S2. The molecule has 0 fully saturated rings. The lowest BCUT2D eigenvalue weighted by molar-refractivity contribution is 0.583. The lowest BCUT2D eigenvalue weighted by atomic mass is 10.3. The van der Waals surface area contributed by atoms with Crippen molar-refractivity contribution < 1.29 is 8.42 Å². The maximum Gasteiger partial charge on any atom is 0.250 e. The molecule has 9 heteroatoms. The van der Waals surface area contributed by atoms with Gasteiger partial charge in [0.05, 0.1) is 15.7 Å². The highest BCUT2D eigenvalue weighted by molar-refractivity contribution is 7.91. The maximum atomic E-state index is 12.0. The van der Waals surface area contributed by atoms with Crippen molar-refractivity contribution in [2.75, 3.05) is 6.54 Å². The Labute approximate surface area is 141 Å². The van der Waals surface area contributed by atoms with Gasteiger partial charge in [-0.3, -0.25) is 0 Å². The van der Waals surface area contributed by atoms with E-state index in [-0.39, 0.29) is 6.54 Å². The van der Waals surface area contributed by atoms with E-state index < -0.39 is 10.0 Å². The van der Waals surface area contributed by atoms with Crippen molar-refractivity contribution in [3.8, 4) is 0 Å². The van der Waals surface area contributed by atoms with Crippen LogP contribution in [-0.4, -0.2) is 24.3 Å². The van der Waals surface area contributed by atoms with Crippen molar-refractivity contribution in [1.29, 1.82) is 0 Å². The fraction of sp³-hybridized carbons (Fsp3) is 0.154. The third-order valence-corrected chi connectivity index (χ3v) is 6.30. The van der Waals surface area contributed by atoms with Crippen LogP contribution >= 0.6 is 34.5 Å². The normalized spacial score (nSPS) is 12.1. The second kappa shape index (κ2) is 6.17. The highest BCUT2D eigenvalue weighted by Crippen LogP contribution is 2.22. The fourth-order valence-corrected chi connectivity index (χ4v) is 4.59. The molecule has 0 spiro atoms. The van der Waals surface area contributed by atoms with E-state index in [4.69, 9.17) is 23.2 Å². The van der Waals surface area contributed by atoms with E-state index in [0.29, 0.717) is 26.3 Å². The summed E-state index contributed by atoms with van der Waals surface area (Å²) in [6.45, 7) is 0.259. The van der Waals surface area contributed by atoms with Crippen LogP contribution in [0, 0.1) is 0 Å². The molecule has 3 rings (SSSR count). The monoisotopic (exact) mass is 375 g/mol. The Hall–Kier alpha value is -1.12. The minimum atomic E-state index is -3.45. The van der Waals surface area contributed by atoms with E-state index in [0.717, 1.165) is 5.69 Å². The number of rotatable bonds is 5. The summed E-state index contributed by atoms with van der Waals surface area (Å²) >= 11 is 13.2. The van der Waals surface area contributed by atoms with Gasteiger partial charge < -0.3 is 4.40 Å². The maximum absolute atomic E-state index is 12.0. The van der Waals surface area contributed by atoms with E-state index in [1.54, 1.807) is 40.4 Å². The van der Waals surface area contributed by atoms with E-state index in [9.17, 15) is 8.42 Å². The molecule has 0 radical (unpaired) electrons. The molecule has 0 aromatic carbocycles. The number of pyridine rings is 1. The molecule has 0 amide bonds. The van der Waals surface area contributed by atoms with Gasteiger partial charge in [0.2, 0.25) is 10.0 Å². The Morgan fingerprint density at radius 2 is 2.14 bits per heavy atom. The molecule has 3 aromatic rings. The summed E-state index contributed by atoms with van der Waals surface area (Å²) < 4.78 is 28.6. The predicted octanol–water partition coefficient (Wildman–Crippen LogP) is 3.22. The van der Waals surface area contributed by atoms with Gasteiger partial charge in [0.1, 0.15) is 4.21 Å². The van der Waals surface area contributed by atoms with Crippen molar-refractivity contribution in [2.45, 2.75) is 10.6 Å². The summed E-state index contributed by atoms with van der Waals surface area (Å²) in [7, 11) is -3.45. The molecule has 1 N–H and O–H groups in total. The minimum Gasteiger partial charge on any atom is -0.304 e. The van der Waals surface area contributed by atoms with Crippen molar-refractivity contribution in [3.63, 3.8) is 0 Å². The Morgan fingerprint density at radius 3 is 2.86 bits per heavy atom. The number of sulfonamides is 1. The lowest BCUT2D eigenvalue weighted by Gasteiger charge is -2.02. The molecule has 5 nitrogen and oxygen atoms in total. The Balaban J connectivity index is 1.71. The molecule has 3 heterocycles. The highest BCUT2D eigenvalue weighted by Gasteiger charge is 2.14. The average Bonchev–Trinajstić information content (AvgIpc) is 3.07. The second-order valence-corrected chi connectivity index (χ2v) is 8.33. The van der Waals surface area contributed by atoms with Crippen molar-refractivity contribution in [2.24, 2.45) is 0 Å². The minimum absolute atomic E-state index is 0.259. The van der Waals surface area contributed by atoms with Crippen molar-refractivity contribution in [3.05, 3.63) is 51.7 Å². The first-order valence-electron chi connectivity index (χ1n) is 6.31. The van der Waals surface area contributed by atoms with Gasteiger partial charge in [-0.2, -0.15) is 0 Å². The molecule has 0 aliphatic rings. The highest BCUT2D eigenvalue weighted by atomic mass is 35.5. The van der Waals surface area contributed by atoms with Gasteiger partial charge in [0.15, 0.2) is 5.65 Å². The van der Waals surface area contributed by atoms with Crippen LogP contribution in [0.4, 0.5) is 0 Å². The van der Waals surface area contributed by atoms with Gasteiger partial charge in [-0.05, 0) is 17.5 Å². The Bertz CT molecular complexity index is 905. The van der Waals surface area contributed by atoms with Crippen LogP contribution in [0.5, 0.6) is 0 Å². The van der Waals surface area contributed by atoms with Crippen molar-refractivity contribution >= 4 is 50.2 Å².